The Morgan fingerprint density at radius 1 is 1.14 bits per heavy atom. The Morgan fingerprint density at radius 3 is 2.43 bits per heavy atom. The van der Waals surface area contributed by atoms with E-state index in [4.69, 9.17) is 0 Å². The van der Waals surface area contributed by atoms with Crippen LogP contribution in [-0.2, 0) is 14.8 Å². The van der Waals surface area contributed by atoms with Gasteiger partial charge in [0.25, 0.3) is 10.0 Å². The summed E-state index contributed by atoms with van der Waals surface area (Å²) in [5.41, 5.74) is 0.346. The van der Waals surface area contributed by atoms with E-state index in [1.165, 1.54) is 18.3 Å². The number of carbonyl (C=O) groups is 1. The number of anilines is 1. The van der Waals surface area contributed by atoms with Crippen molar-refractivity contribution in [3.63, 3.8) is 0 Å². The van der Waals surface area contributed by atoms with E-state index in [-0.39, 0.29) is 39.6 Å². The van der Waals surface area contributed by atoms with E-state index in [1.807, 2.05) is 6.92 Å². The van der Waals surface area contributed by atoms with Gasteiger partial charge in [0, 0.05) is 23.2 Å². The van der Waals surface area contributed by atoms with Gasteiger partial charge in [0.2, 0.25) is 0 Å². The van der Waals surface area contributed by atoms with Crippen molar-refractivity contribution in [2.75, 3.05) is 5.32 Å². The van der Waals surface area contributed by atoms with Crippen LogP contribution in [0.5, 0.6) is 0 Å². The minimum Gasteiger partial charge on any atom is -0.481 e. The van der Waals surface area contributed by atoms with Gasteiger partial charge in [-0.25, -0.2) is 36.1 Å². The molecule has 0 amide bonds. The molecule has 1 aromatic carbocycles. The second kappa shape index (κ2) is 9.51. The third-order valence-electron chi connectivity index (χ3n) is 5.88. The maximum atomic E-state index is 14.7. The molecule has 2 N–H and O–H groups in total. The molecule has 0 radical (unpaired) electrons. The molecule has 37 heavy (non-hydrogen) atoms. The number of fused-ring (bicyclic) bond motifs is 1. The molecule has 3 heterocycles. The number of aromatic nitrogens is 4. The summed E-state index contributed by atoms with van der Waals surface area (Å²) in [4.78, 5) is 23.6. The highest BCUT2D eigenvalue weighted by Crippen LogP contribution is 2.32. The molecular formula is C25H25F2N5O4S. The van der Waals surface area contributed by atoms with Gasteiger partial charge in [-0.05, 0) is 30.5 Å². The maximum Gasteiger partial charge on any atom is 0.305 e. The molecule has 0 aliphatic carbocycles. The number of aryl methyl sites for hydroxylation is 1. The zero-order chi connectivity index (χ0) is 27.1. The predicted molar refractivity (Wildman–Crippen MR) is 134 cm³/mol. The summed E-state index contributed by atoms with van der Waals surface area (Å²) in [6.07, 6.45) is 2.69. The standard InChI is InChI=1S/C25H25F2N5O4S/c1-14-5-7-16(8-6-14)37(35,36)32-13-18(17-9-15(26)11-29-24(17)32)22-28-12-19(27)23(31-22)30-20(10-21(33)34)25(2,3)4/h5-9,11-13,20H,10H2,1-4H3,(H,33,34)(H,28,30,31). The topological polar surface area (TPSA) is 127 Å². The first-order valence-electron chi connectivity index (χ1n) is 11.3. The average molecular weight is 530 g/mol. The Labute approximate surface area is 212 Å². The predicted octanol–water partition coefficient (Wildman–Crippen LogP) is 4.62. The highest BCUT2D eigenvalue weighted by Gasteiger charge is 2.29. The van der Waals surface area contributed by atoms with Crippen molar-refractivity contribution < 1.29 is 27.1 Å². The van der Waals surface area contributed by atoms with Gasteiger partial charge in [0.05, 0.1) is 23.7 Å². The third kappa shape index (κ3) is 5.29. The van der Waals surface area contributed by atoms with E-state index in [9.17, 15) is 27.1 Å². The number of pyridine rings is 1. The fourth-order valence-electron chi connectivity index (χ4n) is 3.75. The van der Waals surface area contributed by atoms with Crippen molar-refractivity contribution in [1.82, 2.24) is 18.9 Å². The molecule has 4 rings (SSSR count). The number of halogens is 2. The SMILES string of the molecule is Cc1ccc(S(=O)(=O)n2cc(-c3ncc(F)c(NC(CC(=O)O)C(C)(C)C)n3)c3cc(F)cnc32)cc1. The Bertz CT molecular complexity index is 1600. The lowest BCUT2D eigenvalue weighted by molar-refractivity contribution is -0.137. The number of hydrogen-bond acceptors (Lipinski definition) is 7. The molecule has 194 valence electrons. The number of benzene rings is 1. The molecule has 0 saturated carbocycles. The van der Waals surface area contributed by atoms with Gasteiger partial charge in [-0.2, -0.15) is 0 Å². The molecule has 0 aliphatic heterocycles. The molecule has 1 unspecified atom stereocenters. The van der Waals surface area contributed by atoms with Crippen molar-refractivity contribution in [3.8, 4) is 11.4 Å². The van der Waals surface area contributed by atoms with Crippen molar-refractivity contribution in [2.24, 2.45) is 5.41 Å². The quantitative estimate of drug-likeness (QED) is 0.355. The second-order valence-electron chi connectivity index (χ2n) is 9.73. The van der Waals surface area contributed by atoms with Crippen LogP contribution >= 0.6 is 0 Å². The van der Waals surface area contributed by atoms with Crippen LogP contribution < -0.4 is 5.32 Å². The van der Waals surface area contributed by atoms with E-state index in [0.717, 1.165) is 28.0 Å². The first-order chi connectivity index (χ1) is 17.3. The van der Waals surface area contributed by atoms with Crippen LogP contribution in [0.15, 0.2) is 53.8 Å². The Morgan fingerprint density at radius 2 is 1.81 bits per heavy atom. The number of rotatable bonds is 7. The van der Waals surface area contributed by atoms with Crippen LogP contribution in [0, 0.1) is 24.0 Å². The smallest absolute Gasteiger partial charge is 0.305 e. The maximum absolute atomic E-state index is 14.7. The minimum absolute atomic E-state index is 0.00301. The highest BCUT2D eigenvalue weighted by atomic mass is 32.2. The Balaban J connectivity index is 1.86. The molecule has 0 fully saturated rings. The summed E-state index contributed by atoms with van der Waals surface area (Å²) >= 11 is 0. The van der Waals surface area contributed by atoms with E-state index in [0.29, 0.717) is 0 Å². The summed E-state index contributed by atoms with van der Waals surface area (Å²) in [5, 5.41) is 12.2. The molecule has 0 spiro atoms. The number of carboxylic acid groups (broad SMARTS) is 1. The summed E-state index contributed by atoms with van der Waals surface area (Å²) in [5.74, 6) is -2.98. The zero-order valence-corrected chi connectivity index (χ0v) is 21.3. The molecular weight excluding hydrogens is 504 g/mol. The molecule has 12 heteroatoms. The van der Waals surface area contributed by atoms with Crippen molar-refractivity contribution >= 4 is 32.8 Å². The summed E-state index contributed by atoms with van der Waals surface area (Å²) in [7, 11) is -4.13. The summed E-state index contributed by atoms with van der Waals surface area (Å²) < 4.78 is 56.6. The molecule has 0 saturated heterocycles. The lowest BCUT2D eigenvalue weighted by atomic mass is 9.85. The van der Waals surface area contributed by atoms with Crippen LogP contribution in [-0.4, -0.2) is 44.5 Å². The van der Waals surface area contributed by atoms with Crippen LogP contribution in [0.25, 0.3) is 22.4 Å². The van der Waals surface area contributed by atoms with Crippen LogP contribution in [0.4, 0.5) is 14.6 Å². The Hall–Kier alpha value is -3.93. The van der Waals surface area contributed by atoms with Gasteiger partial charge in [-0.15, -0.1) is 0 Å². The molecule has 4 aromatic rings. The van der Waals surface area contributed by atoms with Gasteiger partial charge in [-0.1, -0.05) is 38.5 Å². The van der Waals surface area contributed by atoms with Crippen LogP contribution in [0.3, 0.4) is 0 Å². The van der Waals surface area contributed by atoms with Gasteiger partial charge in [0.15, 0.2) is 23.1 Å². The van der Waals surface area contributed by atoms with Gasteiger partial charge < -0.3 is 10.4 Å². The monoisotopic (exact) mass is 529 g/mol. The summed E-state index contributed by atoms with van der Waals surface area (Å²) in [6.45, 7) is 7.21. The minimum atomic E-state index is -4.13. The largest absolute Gasteiger partial charge is 0.481 e. The third-order valence-corrected chi connectivity index (χ3v) is 7.54. The van der Waals surface area contributed by atoms with E-state index in [2.05, 4.69) is 20.3 Å². The normalized spacial score (nSPS) is 13.0. The Kier molecular flexibility index (Phi) is 6.72. The zero-order valence-electron chi connectivity index (χ0n) is 20.5. The highest BCUT2D eigenvalue weighted by molar-refractivity contribution is 7.90. The average Bonchev–Trinajstić information content (AvgIpc) is 3.19. The fraction of sp³-hybridized carbons (Fsp3) is 0.280. The van der Waals surface area contributed by atoms with Gasteiger partial charge in [-0.3, -0.25) is 4.79 Å². The number of nitrogens with zero attached hydrogens (tertiary/aromatic N) is 4. The lowest BCUT2D eigenvalue weighted by Crippen LogP contribution is -2.36. The summed E-state index contributed by atoms with van der Waals surface area (Å²) in [6, 6.07) is 6.61. The van der Waals surface area contributed by atoms with Crippen molar-refractivity contribution in [2.45, 2.75) is 45.1 Å². The van der Waals surface area contributed by atoms with E-state index >= 15 is 0 Å². The molecule has 0 bridgehead atoms. The molecule has 1 atom stereocenters. The van der Waals surface area contributed by atoms with E-state index < -0.39 is 39.1 Å². The number of carboxylic acids is 1. The molecule has 3 aromatic heterocycles. The second-order valence-corrected chi connectivity index (χ2v) is 11.5. The first-order valence-corrected chi connectivity index (χ1v) is 12.7. The number of nitrogens with one attached hydrogen (secondary N) is 1. The first kappa shape index (κ1) is 26.1. The van der Waals surface area contributed by atoms with Crippen LogP contribution in [0.2, 0.25) is 0 Å². The van der Waals surface area contributed by atoms with Crippen molar-refractivity contribution in [1.29, 1.82) is 0 Å². The van der Waals surface area contributed by atoms with Crippen molar-refractivity contribution in [3.05, 3.63) is 66.1 Å². The van der Waals surface area contributed by atoms with Crippen LogP contribution in [0.1, 0.15) is 32.8 Å². The number of hydrogen-bond donors (Lipinski definition) is 2. The fourth-order valence-corrected chi connectivity index (χ4v) is 5.08. The lowest BCUT2D eigenvalue weighted by Gasteiger charge is -2.30. The molecule has 0 aliphatic rings. The van der Waals surface area contributed by atoms with E-state index in [1.54, 1.807) is 32.9 Å². The van der Waals surface area contributed by atoms with Gasteiger partial charge in [0.1, 0.15) is 5.82 Å². The van der Waals surface area contributed by atoms with Gasteiger partial charge >= 0.3 is 5.97 Å². The molecule has 9 nitrogen and oxygen atoms in total. The number of aliphatic carboxylic acids is 1.